The molecule has 7 nitrogen and oxygen atoms in total. The molecule has 2 rings (SSSR count). The van der Waals surface area contributed by atoms with Crippen molar-refractivity contribution in [3.05, 3.63) is 30.1 Å². The first kappa shape index (κ1) is 18.7. The molecule has 1 aromatic heterocycles. The van der Waals surface area contributed by atoms with E-state index in [-0.39, 0.29) is 0 Å². The minimum atomic E-state index is -5.22. The fraction of sp³-hybridized carbons (Fsp3) is 0.467. The van der Waals surface area contributed by atoms with Crippen LogP contribution in [-0.2, 0) is 16.1 Å². The first-order valence-electron chi connectivity index (χ1n) is 7.31. The maximum Gasteiger partial charge on any atom is 0.440 e. The number of hydrogen-bond acceptors (Lipinski definition) is 4. The number of aromatic nitrogens is 1. The molecular formula is C15H17F3N4O3. The van der Waals surface area contributed by atoms with E-state index in [0.717, 1.165) is 0 Å². The van der Waals surface area contributed by atoms with Gasteiger partial charge in [0.1, 0.15) is 0 Å². The zero-order chi connectivity index (χ0) is 19.0. The molecule has 136 valence electrons. The van der Waals surface area contributed by atoms with Crippen LogP contribution in [0.25, 0.3) is 0 Å². The summed E-state index contributed by atoms with van der Waals surface area (Å²) < 4.78 is 40.8. The number of nitrogens with one attached hydrogen (secondary N) is 2. The van der Waals surface area contributed by atoms with E-state index in [1.807, 2.05) is 0 Å². The molecule has 1 aromatic rings. The third kappa shape index (κ3) is 3.42. The number of carbonyl (C=O) groups is 3. The summed E-state index contributed by atoms with van der Waals surface area (Å²) in [5.74, 6) is -2.62. The molecule has 0 aliphatic carbocycles. The molecule has 0 spiro atoms. The summed E-state index contributed by atoms with van der Waals surface area (Å²) in [6, 6.07) is 1.78. The van der Waals surface area contributed by atoms with Crippen molar-refractivity contribution in [2.75, 3.05) is 0 Å². The Morgan fingerprint density at radius 3 is 2.44 bits per heavy atom. The number of halogens is 3. The van der Waals surface area contributed by atoms with Gasteiger partial charge in [-0.3, -0.25) is 24.8 Å². The maximum atomic E-state index is 13.6. The number of alkyl halides is 3. The molecule has 0 aromatic carbocycles. The summed E-state index contributed by atoms with van der Waals surface area (Å²) in [6.45, 7) is 3.77. The molecule has 1 fully saturated rings. The zero-order valence-corrected chi connectivity index (χ0v) is 13.8. The van der Waals surface area contributed by atoms with Gasteiger partial charge < -0.3 is 5.32 Å². The first-order valence-corrected chi connectivity index (χ1v) is 7.31. The van der Waals surface area contributed by atoms with Gasteiger partial charge in [0.05, 0.1) is 6.54 Å². The molecule has 1 saturated heterocycles. The number of hydrogen-bond donors (Lipinski definition) is 2. The molecule has 2 heterocycles. The Kier molecular flexibility index (Phi) is 4.49. The molecule has 0 radical (unpaired) electrons. The lowest BCUT2D eigenvalue weighted by atomic mass is 9.94. The molecule has 2 N–H and O–H groups in total. The molecule has 0 saturated carbocycles. The van der Waals surface area contributed by atoms with Crippen molar-refractivity contribution < 1.29 is 27.6 Å². The second-order valence-corrected chi connectivity index (χ2v) is 6.63. The number of imide groups is 1. The van der Waals surface area contributed by atoms with Gasteiger partial charge in [0.15, 0.2) is 0 Å². The number of pyridine rings is 1. The Hall–Kier alpha value is -2.65. The third-order valence-electron chi connectivity index (χ3n) is 3.58. The fourth-order valence-corrected chi connectivity index (χ4v) is 2.10. The highest BCUT2D eigenvalue weighted by molar-refractivity contribution is 6.09. The molecular weight excluding hydrogens is 341 g/mol. The van der Waals surface area contributed by atoms with Gasteiger partial charge >= 0.3 is 12.2 Å². The molecule has 1 atom stereocenters. The molecule has 25 heavy (non-hydrogen) atoms. The van der Waals surface area contributed by atoms with E-state index in [1.54, 1.807) is 10.6 Å². The highest BCUT2D eigenvalue weighted by Crippen LogP contribution is 2.35. The standard InChI is InChI=1S/C15H17F3N4O3/c1-13(2,3)10(23)20-14(15(16,17)18)11(24)22(12(25)21-14)8-9-5-4-6-19-7-9/h4-7H,8H2,1-3H3,(H,20,23)(H,21,25). The Morgan fingerprint density at radius 2 is 1.96 bits per heavy atom. The lowest BCUT2D eigenvalue weighted by Crippen LogP contribution is -2.70. The highest BCUT2D eigenvalue weighted by atomic mass is 19.4. The van der Waals surface area contributed by atoms with Crippen LogP contribution in [0.5, 0.6) is 0 Å². The number of nitrogens with zero attached hydrogens (tertiary/aromatic N) is 2. The van der Waals surface area contributed by atoms with E-state index in [2.05, 4.69) is 4.98 Å². The quantitative estimate of drug-likeness (QED) is 0.802. The first-order chi connectivity index (χ1) is 11.4. The average molecular weight is 358 g/mol. The molecule has 1 aliphatic rings. The van der Waals surface area contributed by atoms with Crippen LogP contribution >= 0.6 is 0 Å². The molecule has 1 aliphatic heterocycles. The van der Waals surface area contributed by atoms with E-state index in [9.17, 15) is 27.6 Å². The SMILES string of the molecule is CC(C)(C)C(=O)NC1(C(F)(F)F)NC(=O)N(Cc2cccnc2)C1=O. The third-order valence-corrected chi connectivity index (χ3v) is 3.58. The predicted octanol–water partition coefficient (Wildman–Crippen LogP) is 1.55. The minimum Gasteiger partial charge on any atom is -0.317 e. The summed E-state index contributed by atoms with van der Waals surface area (Å²) in [5, 5.41) is 3.26. The second-order valence-electron chi connectivity index (χ2n) is 6.63. The summed E-state index contributed by atoms with van der Waals surface area (Å²) in [4.78, 5) is 40.7. The van der Waals surface area contributed by atoms with Gasteiger partial charge in [0.25, 0.3) is 11.6 Å². The van der Waals surface area contributed by atoms with Crippen molar-refractivity contribution in [1.29, 1.82) is 0 Å². The Balaban J connectivity index is 2.37. The van der Waals surface area contributed by atoms with Crippen LogP contribution in [0.1, 0.15) is 26.3 Å². The number of amides is 4. The Morgan fingerprint density at radius 1 is 1.32 bits per heavy atom. The van der Waals surface area contributed by atoms with Gasteiger partial charge in [-0.15, -0.1) is 0 Å². The van der Waals surface area contributed by atoms with Gasteiger partial charge in [-0.2, -0.15) is 13.2 Å². The topological polar surface area (TPSA) is 91.4 Å². The van der Waals surface area contributed by atoms with Crippen molar-refractivity contribution >= 4 is 17.8 Å². The van der Waals surface area contributed by atoms with E-state index in [4.69, 9.17) is 0 Å². The van der Waals surface area contributed by atoms with Crippen LogP contribution in [0.15, 0.2) is 24.5 Å². The summed E-state index contributed by atoms with van der Waals surface area (Å²) in [5.41, 5.74) is -4.32. The van der Waals surface area contributed by atoms with Crippen molar-refractivity contribution in [3.63, 3.8) is 0 Å². The van der Waals surface area contributed by atoms with Crippen LogP contribution in [0.4, 0.5) is 18.0 Å². The minimum absolute atomic E-state index is 0.367. The molecule has 0 bridgehead atoms. The number of carbonyl (C=O) groups excluding carboxylic acids is 3. The van der Waals surface area contributed by atoms with Gasteiger partial charge in [-0.05, 0) is 11.6 Å². The second kappa shape index (κ2) is 6.01. The monoisotopic (exact) mass is 358 g/mol. The summed E-state index contributed by atoms with van der Waals surface area (Å²) in [7, 11) is 0. The van der Waals surface area contributed by atoms with Gasteiger partial charge in [0, 0.05) is 17.8 Å². The van der Waals surface area contributed by atoms with Gasteiger partial charge in [-0.25, -0.2) is 4.79 Å². The highest BCUT2D eigenvalue weighted by Gasteiger charge is 2.69. The van der Waals surface area contributed by atoms with Crippen molar-refractivity contribution in [2.45, 2.75) is 39.2 Å². The lowest BCUT2D eigenvalue weighted by molar-refractivity contribution is -0.205. The summed E-state index contributed by atoms with van der Waals surface area (Å²) >= 11 is 0. The molecule has 1 unspecified atom stereocenters. The molecule has 10 heteroatoms. The van der Waals surface area contributed by atoms with E-state index >= 15 is 0 Å². The maximum absolute atomic E-state index is 13.6. The van der Waals surface area contributed by atoms with E-state index in [1.165, 1.54) is 45.3 Å². The van der Waals surface area contributed by atoms with Gasteiger partial charge in [0.2, 0.25) is 5.91 Å². The largest absolute Gasteiger partial charge is 0.440 e. The van der Waals surface area contributed by atoms with Crippen LogP contribution in [0.3, 0.4) is 0 Å². The fourth-order valence-electron chi connectivity index (χ4n) is 2.10. The van der Waals surface area contributed by atoms with Crippen molar-refractivity contribution in [2.24, 2.45) is 5.41 Å². The Labute approximate surface area is 141 Å². The zero-order valence-electron chi connectivity index (χ0n) is 13.8. The smallest absolute Gasteiger partial charge is 0.317 e. The van der Waals surface area contributed by atoms with Crippen LogP contribution in [-0.4, -0.2) is 39.6 Å². The van der Waals surface area contributed by atoms with Crippen molar-refractivity contribution in [3.8, 4) is 0 Å². The van der Waals surface area contributed by atoms with Crippen LogP contribution in [0, 0.1) is 5.41 Å². The molecule has 4 amide bonds. The number of rotatable bonds is 3. The lowest BCUT2D eigenvalue weighted by Gasteiger charge is -2.32. The average Bonchev–Trinajstić information content (AvgIpc) is 2.72. The van der Waals surface area contributed by atoms with Crippen molar-refractivity contribution in [1.82, 2.24) is 20.5 Å². The van der Waals surface area contributed by atoms with Gasteiger partial charge in [-0.1, -0.05) is 26.8 Å². The normalized spacial score (nSPS) is 21.3. The van der Waals surface area contributed by atoms with E-state index < -0.39 is 41.6 Å². The number of urea groups is 1. The van der Waals surface area contributed by atoms with E-state index in [0.29, 0.717) is 10.5 Å². The van der Waals surface area contributed by atoms with Crippen LogP contribution < -0.4 is 10.6 Å². The Bertz CT molecular complexity index is 700. The predicted molar refractivity (Wildman–Crippen MR) is 79.7 cm³/mol. The van der Waals surface area contributed by atoms with Crippen LogP contribution in [0.2, 0.25) is 0 Å². The summed E-state index contributed by atoms with van der Waals surface area (Å²) in [6.07, 6.45) is -2.45.